The highest BCUT2D eigenvalue weighted by atomic mass is 35.5. The SMILES string of the molecule is O=c1[nH]ccc2c(-c3ccccc3Cl)cncc12. The predicted molar refractivity (Wildman–Crippen MR) is 72.8 cm³/mol. The molecule has 3 aromatic rings. The van der Waals surface area contributed by atoms with Gasteiger partial charge in [-0.3, -0.25) is 9.78 Å². The van der Waals surface area contributed by atoms with Crippen LogP contribution in [-0.2, 0) is 0 Å². The number of aromatic nitrogens is 2. The molecule has 1 aromatic carbocycles. The smallest absolute Gasteiger partial charge is 0.257 e. The Labute approximate surface area is 108 Å². The van der Waals surface area contributed by atoms with Gasteiger partial charge in [-0.25, -0.2) is 0 Å². The molecule has 0 radical (unpaired) electrons. The number of H-pyrrole nitrogens is 1. The van der Waals surface area contributed by atoms with Gasteiger partial charge >= 0.3 is 0 Å². The van der Waals surface area contributed by atoms with E-state index in [1.807, 2.05) is 30.3 Å². The van der Waals surface area contributed by atoms with Crippen molar-refractivity contribution in [2.75, 3.05) is 0 Å². The number of nitrogens with zero attached hydrogens (tertiary/aromatic N) is 1. The van der Waals surface area contributed by atoms with Crippen molar-refractivity contribution in [3.63, 3.8) is 0 Å². The average molecular weight is 257 g/mol. The number of aromatic amines is 1. The number of nitrogens with one attached hydrogen (secondary N) is 1. The monoisotopic (exact) mass is 256 g/mol. The maximum Gasteiger partial charge on any atom is 0.257 e. The summed E-state index contributed by atoms with van der Waals surface area (Å²) in [5.74, 6) is 0. The van der Waals surface area contributed by atoms with Crippen LogP contribution in [0.4, 0.5) is 0 Å². The van der Waals surface area contributed by atoms with E-state index in [1.165, 1.54) is 0 Å². The van der Waals surface area contributed by atoms with Gasteiger partial charge in [0, 0.05) is 34.7 Å². The minimum atomic E-state index is -0.145. The van der Waals surface area contributed by atoms with E-state index in [0.29, 0.717) is 10.4 Å². The number of rotatable bonds is 1. The summed E-state index contributed by atoms with van der Waals surface area (Å²) in [6.45, 7) is 0. The van der Waals surface area contributed by atoms with Gasteiger partial charge < -0.3 is 4.98 Å². The zero-order valence-electron chi connectivity index (χ0n) is 9.35. The molecule has 0 aliphatic heterocycles. The van der Waals surface area contributed by atoms with E-state index in [-0.39, 0.29) is 5.56 Å². The van der Waals surface area contributed by atoms with Gasteiger partial charge in [-0.1, -0.05) is 29.8 Å². The summed E-state index contributed by atoms with van der Waals surface area (Å²) >= 11 is 6.19. The normalized spacial score (nSPS) is 10.7. The fraction of sp³-hybridized carbons (Fsp3) is 0. The minimum absolute atomic E-state index is 0.145. The Bertz CT molecular complexity index is 780. The largest absolute Gasteiger partial charge is 0.329 e. The van der Waals surface area contributed by atoms with Gasteiger partial charge in [0.1, 0.15) is 0 Å². The molecule has 88 valence electrons. The van der Waals surface area contributed by atoms with Gasteiger partial charge in [-0.05, 0) is 17.5 Å². The standard InChI is InChI=1S/C14H9ClN2O/c15-13-4-2-1-3-10(13)11-7-16-8-12-9(11)5-6-17-14(12)18/h1-8H,(H,17,18). The highest BCUT2D eigenvalue weighted by Gasteiger charge is 2.08. The first kappa shape index (κ1) is 11.0. The molecule has 0 bridgehead atoms. The van der Waals surface area contributed by atoms with Crippen LogP contribution < -0.4 is 5.56 Å². The van der Waals surface area contributed by atoms with Crippen LogP contribution in [0.5, 0.6) is 0 Å². The van der Waals surface area contributed by atoms with Crippen molar-refractivity contribution in [2.45, 2.75) is 0 Å². The highest BCUT2D eigenvalue weighted by Crippen LogP contribution is 2.31. The van der Waals surface area contributed by atoms with Crippen molar-refractivity contribution in [3.05, 3.63) is 64.3 Å². The van der Waals surface area contributed by atoms with E-state index < -0.39 is 0 Å². The van der Waals surface area contributed by atoms with E-state index in [1.54, 1.807) is 18.6 Å². The summed E-state index contributed by atoms with van der Waals surface area (Å²) in [5.41, 5.74) is 1.60. The molecule has 0 saturated carbocycles. The van der Waals surface area contributed by atoms with Crippen LogP contribution in [-0.4, -0.2) is 9.97 Å². The number of pyridine rings is 2. The average Bonchev–Trinajstić information content (AvgIpc) is 2.40. The number of hydrogen-bond donors (Lipinski definition) is 1. The predicted octanol–water partition coefficient (Wildman–Crippen LogP) is 3.24. The summed E-state index contributed by atoms with van der Waals surface area (Å²) in [5, 5.41) is 2.06. The molecule has 0 unspecified atom stereocenters. The van der Waals surface area contributed by atoms with Crippen LogP contribution in [0.25, 0.3) is 21.9 Å². The molecule has 2 aromatic heterocycles. The first-order chi connectivity index (χ1) is 8.77. The summed E-state index contributed by atoms with van der Waals surface area (Å²) in [7, 11) is 0. The summed E-state index contributed by atoms with van der Waals surface area (Å²) in [4.78, 5) is 18.5. The molecule has 4 heteroatoms. The number of halogens is 1. The molecule has 18 heavy (non-hydrogen) atoms. The van der Waals surface area contributed by atoms with Crippen molar-refractivity contribution < 1.29 is 0 Å². The molecule has 0 spiro atoms. The van der Waals surface area contributed by atoms with E-state index >= 15 is 0 Å². The van der Waals surface area contributed by atoms with Crippen molar-refractivity contribution >= 4 is 22.4 Å². The number of fused-ring (bicyclic) bond motifs is 1. The molecule has 0 amide bonds. The van der Waals surface area contributed by atoms with Gasteiger partial charge in [0.05, 0.1) is 5.39 Å². The van der Waals surface area contributed by atoms with Gasteiger partial charge in [-0.15, -0.1) is 0 Å². The van der Waals surface area contributed by atoms with E-state index in [9.17, 15) is 4.79 Å². The third-order valence-electron chi connectivity index (χ3n) is 2.86. The quantitative estimate of drug-likeness (QED) is 0.726. The van der Waals surface area contributed by atoms with Gasteiger partial charge in [0.15, 0.2) is 0 Å². The van der Waals surface area contributed by atoms with Crippen LogP contribution >= 0.6 is 11.6 Å². The topological polar surface area (TPSA) is 45.8 Å². The zero-order chi connectivity index (χ0) is 12.5. The second kappa shape index (κ2) is 4.27. The maximum absolute atomic E-state index is 11.7. The minimum Gasteiger partial charge on any atom is -0.329 e. The summed E-state index contributed by atoms with van der Waals surface area (Å²) in [6.07, 6.45) is 4.92. The van der Waals surface area contributed by atoms with Crippen LogP contribution in [0.2, 0.25) is 5.02 Å². The first-order valence-electron chi connectivity index (χ1n) is 5.47. The number of benzene rings is 1. The van der Waals surface area contributed by atoms with Gasteiger partial charge in [0.2, 0.25) is 0 Å². The molecule has 0 fully saturated rings. The van der Waals surface area contributed by atoms with Gasteiger partial charge in [0.25, 0.3) is 5.56 Å². The lowest BCUT2D eigenvalue weighted by Gasteiger charge is -2.07. The Morgan fingerprint density at radius 3 is 2.67 bits per heavy atom. The van der Waals surface area contributed by atoms with Crippen molar-refractivity contribution in [1.29, 1.82) is 0 Å². The molecule has 1 N–H and O–H groups in total. The second-order valence-corrected chi connectivity index (χ2v) is 4.34. The molecule has 0 saturated heterocycles. The molecular formula is C14H9ClN2O. The molecule has 2 heterocycles. The lowest BCUT2D eigenvalue weighted by atomic mass is 10.0. The lowest BCUT2D eigenvalue weighted by Crippen LogP contribution is -2.05. The molecule has 0 aliphatic carbocycles. The van der Waals surface area contributed by atoms with E-state index in [2.05, 4.69) is 9.97 Å². The van der Waals surface area contributed by atoms with Crippen molar-refractivity contribution in [1.82, 2.24) is 9.97 Å². The Morgan fingerprint density at radius 2 is 1.83 bits per heavy atom. The first-order valence-corrected chi connectivity index (χ1v) is 5.85. The lowest BCUT2D eigenvalue weighted by molar-refractivity contribution is 1.26. The zero-order valence-corrected chi connectivity index (χ0v) is 10.1. The fourth-order valence-corrected chi connectivity index (χ4v) is 2.24. The van der Waals surface area contributed by atoms with E-state index in [4.69, 9.17) is 11.6 Å². The summed E-state index contributed by atoms with van der Waals surface area (Å²) < 4.78 is 0. The Morgan fingerprint density at radius 1 is 1.00 bits per heavy atom. The molecule has 3 nitrogen and oxygen atoms in total. The van der Waals surface area contributed by atoms with Crippen LogP contribution in [0.3, 0.4) is 0 Å². The molecular weight excluding hydrogens is 248 g/mol. The van der Waals surface area contributed by atoms with Gasteiger partial charge in [-0.2, -0.15) is 0 Å². The Balaban J connectivity index is 2.41. The second-order valence-electron chi connectivity index (χ2n) is 3.93. The van der Waals surface area contributed by atoms with Crippen molar-refractivity contribution in [3.8, 4) is 11.1 Å². The van der Waals surface area contributed by atoms with E-state index in [0.717, 1.165) is 16.5 Å². The maximum atomic E-state index is 11.7. The molecule has 3 rings (SSSR count). The Kier molecular flexibility index (Phi) is 2.61. The molecule has 0 atom stereocenters. The van der Waals surface area contributed by atoms with Crippen LogP contribution in [0, 0.1) is 0 Å². The Hall–Kier alpha value is -2.13. The third-order valence-corrected chi connectivity index (χ3v) is 3.19. The van der Waals surface area contributed by atoms with Crippen molar-refractivity contribution in [2.24, 2.45) is 0 Å². The van der Waals surface area contributed by atoms with Crippen LogP contribution in [0.1, 0.15) is 0 Å². The molecule has 0 aliphatic rings. The third kappa shape index (κ3) is 1.69. The fourth-order valence-electron chi connectivity index (χ4n) is 2.00. The number of hydrogen-bond acceptors (Lipinski definition) is 2. The highest BCUT2D eigenvalue weighted by molar-refractivity contribution is 6.33. The van der Waals surface area contributed by atoms with Crippen LogP contribution in [0.15, 0.2) is 53.7 Å². The summed E-state index contributed by atoms with van der Waals surface area (Å²) in [6, 6.07) is 9.38.